The molecule has 1 saturated heterocycles. The highest BCUT2D eigenvalue weighted by molar-refractivity contribution is 5.99. The van der Waals surface area contributed by atoms with Crippen LogP contribution in [-0.2, 0) is 16.0 Å². The van der Waals surface area contributed by atoms with Gasteiger partial charge in [0.05, 0.1) is 12.1 Å². The maximum atomic E-state index is 13.8. The number of hydrogen-bond acceptors (Lipinski definition) is 5. The summed E-state index contributed by atoms with van der Waals surface area (Å²) in [5.74, 6) is 0.0634. The molecule has 3 atom stereocenters. The molecule has 3 aromatic carbocycles. The van der Waals surface area contributed by atoms with E-state index in [4.69, 9.17) is 4.74 Å². The molecule has 8 nitrogen and oxygen atoms in total. The SMILES string of the molecule is CC(CC(O)C(Cc1ccccc1)NC(=O)c1cc(Oc2ccccc2)cc(N2CCCC2=O)c1)C(=O)NCCC(C)(C)C. The van der Waals surface area contributed by atoms with E-state index in [1.807, 2.05) is 60.7 Å². The molecule has 3 unspecified atom stereocenters. The number of aliphatic hydroxyl groups is 1. The molecule has 0 aromatic heterocycles. The molecule has 0 radical (unpaired) electrons. The molecule has 44 heavy (non-hydrogen) atoms. The zero-order valence-corrected chi connectivity index (χ0v) is 26.2. The molecule has 0 bridgehead atoms. The highest BCUT2D eigenvalue weighted by atomic mass is 16.5. The van der Waals surface area contributed by atoms with Crippen molar-refractivity contribution in [2.45, 2.75) is 71.9 Å². The van der Waals surface area contributed by atoms with Crippen LogP contribution in [0.2, 0.25) is 0 Å². The van der Waals surface area contributed by atoms with E-state index < -0.39 is 24.0 Å². The van der Waals surface area contributed by atoms with Crippen molar-refractivity contribution in [1.29, 1.82) is 0 Å². The molecular formula is C36H45N3O5. The molecule has 0 saturated carbocycles. The van der Waals surface area contributed by atoms with E-state index in [2.05, 4.69) is 31.4 Å². The fourth-order valence-corrected chi connectivity index (χ4v) is 5.25. The Morgan fingerprint density at radius 2 is 1.66 bits per heavy atom. The predicted molar refractivity (Wildman–Crippen MR) is 173 cm³/mol. The molecule has 4 rings (SSSR count). The lowest BCUT2D eigenvalue weighted by atomic mass is 9.91. The van der Waals surface area contributed by atoms with Crippen LogP contribution >= 0.6 is 0 Å². The van der Waals surface area contributed by atoms with Gasteiger partial charge in [0.15, 0.2) is 0 Å². The minimum atomic E-state index is -0.981. The van der Waals surface area contributed by atoms with Crippen molar-refractivity contribution >= 4 is 23.4 Å². The summed E-state index contributed by atoms with van der Waals surface area (Å²) >= 11 is 0. The van der Waals surface area contributed by atoms with Crippen molar-refractivity contribution < 1.29 is 24.2 Å². The Balaban J connectivity index is 1.54. The Hall–Kier alpha value is -4.17. The summed E-state index contributed by atoms with van der Waals surface area (Å²) in [6, 6.07) is 23.3. The summed E-state index contributed by atoms with van der Waals surface area (Å²) in [5, 5.41) is 17.4. The lowest BCUT2D eigenvalue weighted by Gasteiger charge is -2.27. The third-order valence-corrected chi connectivity index (χ3v) is 7.81. The number of benzene rings is 3. The fraction of sp³-hybridized carbons (Fsp3) is 0.417. The van der Waals surface area contributed by atoms with E-state index in [0.29, 0.717) is 48.7 Å². The fourth-order valence-electron chi connectivity index (χ4n) is 5.25. The van der Waals surface area contributed by atoms with E-state index in [1.165, 1.54) is 0 Å². The van der Waals surface area contributed by atoms with Gasteiger partial charge < -0.3 is 25.4 Å². The van der Waals surface area contributed by atoms with Crippen molar-refractivity contribution in [3.8, 4) is 11.5 Å². The van der Waals surface area contributed by atoms with Crippen LogP contribution in [0.5, 0.6) is 11.5 Å². The van der Waals surface area contributed by atoms with Crippen LogP contribution < -0.4 is 20.3 Å². The first-order chi connectivity index (χ1) is 21.0. The number of anilines is 1. The number of carbonyl (C=O) groups is 3. The Morgan fingerprint density at radius 3 is 2.30 bits per heavy atom. The van der Waals surface area contributed by atoms with Crippen molar-refractivity contribution in [3.05, 3.63) is 90.0 Å². The first-order valence-electron chi connectivity index (χ1n) is 15.5. The van der Waals surface area contributed by atoms with Crippen LogP contribution in [0.4, 0.5) is 5.69 Å². The molecule has 0 spiro atoms. The lowest BCUT2D eigenvalue weighted by Crippen LogP contribution is -2.46. The third kappa shape index (κ3) is 9.67. The Kier molecular flexibility index (Phi) is 11.2. The van der Waals surface area contributed by atoms with Crippen molar-refractivity contribution in [1.82, 2.24) is 10.6 Å². The number of nitrogens with one attached hydrogen (secondary N) is 2. The first kappa shape index (κ1) is 32.7. The van der Waals surface area contributed by atoms with E-state index in [-0.39, 0.29) is 23.7 Å². The van der Waals surface area contributed by atoms with E-state index in [9.17, 15) is 19.5 Å². The molecule has 1 fully saturated rings. The smallest absolute Gasteiger partial charge is 0.251 e. The second-order valence-electron chi connectivity index (χ2n) is 12.9. The minimum absolute atomic E-state index is 0.000333. The van der Waals surface area contributed by atoms with Crippen LogP contribution in [0.1, 0.15) is 69.3 Å². The topological polar surface area (TPSA) is 108 Å². The maximum absolute atomic E-state index is 13.8. The summed E-state index contributed by atoms with van der Waals surface area (Å²) < 4.78 is 6.07. The summed E-state index contributed by atoms with van der Waals surface area (Å²) in [6.45, 7) is 9.30. The normalized spacial score (nSPS) is 15.4. The van der Waals surface area contributed by atoms with Gasteiger partial charge in [-0.2, -0.15) is 0 Å². The number of rotatable bonds is 13. The molecule has 1 aliphatic rings. The van der Waals surface area contributed by atoms with Gasteiger partial charge in [-0.1, -0.05) is 76.2 Å². The van der Waals surface area contributed by atoms with Crippen molar-refractivity contribution in [2.24, 2.45) is 11.3 Å². The molecule has 1 aliphatic heterocycles. The molecule has 3 aromatic rings. The summed E-state index contributed by atoms with van der Waals surface area (Å²) in [7, 11) is 0. The maximum Gasteiger partial charge on any atom is 0.251 e. The summed E-state index contributed by atoms with van der Waals surface area (Å²) in [6.07, 6.45) is 1.63. The molecule has 1 heterocycles. The molecule has 3 amide bonds. The van der Waals surface area contributed by atoms with Crippen molar-refractivity contribution in [3.63, 3.8) is 0 Å². The third-order valence-electron chi connectivity index (χ3n) is 7.81. The van der Waals surface area contributed by atoms with Crippen LogP contribution in [0, 0.1) is 11.3 Å². The first-order valence-corrected chi connectivity index (χ1v) is 15.5. The standard InChI is InChI=1S/C36H45N3O5/c1-25(34(42)37-18-17-36(2,3)4)20-32(40)31(21-26-12-7-5-8-13-26)38-35(43)27-22-28(39-19-11-16-33(39)41)24-30(23-27)44-29-14-9-6-10-15-29/h5-10,12-15,22-25,31-32,40H,11,16-21H2,1-4H3,(H,37,42)(H,38,43). The highest BCUT2D eigenvalue weighted by Crippen LogP contribution is 2.31. The number of carbonyl (C=O) groups excluding carboxylic acids is 3. The minimum Gasteiger partial charge on any atom is -0.457 e. The van der Waals surface area contributed by atoms with Gasteiger partial charge in [0.1, 0.15) is 11.5 Å². The number of hydrogen-bond donors (Lipinski definition) is 3. The zero-order chi connectivity index (χ0) is 31.7. The lowest BCUT2D eigenvalue weighted by molar-refractivity contribution is -0.125. The summed E-state index contributed by atoms with van der Waals surface area (Å²) in [5.41, 5.74) is 1.95. The number of aliphatic hydroxyl groups excluding tert-OH is 1. The highest BCUT2D eigenvalue weighted by Gasteiger charge is 2.28. The van der Waals surface area contributed by atoms with Crippen LogP contribution in [0.15, 0.2) is 78.9 Å². The van der Waals surface area contributed by atoms with Crippen LogP contribution in [0.3, 0.4) is 0 Å². The van der Waals surface area contributed by atoms with Gasteiger partial charge in [-0.15, -0.1) is 0 Å². The van der Waals surface area contributed by atoms with Crippen molar-refractivity contribution in [2.75, 3.05) is 18.0 Å². The number of ether oxygens (including phenoxy) is 1. The van der Waals surface area contributed by atoms with Gasteiger partial charge in [0, 0.05) is 42.7 Å². The second-order valence-corrected chi connectivity index (χ2v) is 12.9. The second kappa shape index (κ2) is 15.0. The number of nitrogens with zero attached hydrogens (tertiary/aromatic N) is 1. The molecule has 8 heteroatoms. The number of amides is 3. The van der Waals surface area contributed by atoms with Crippen LogP contribution in [0.25, 0.3) is 0 Å². The Labute approximate surface area is 260 Å². The molecule has 3 N–H and O–H groups in total. The van der Waals surface area contributed by atoms with E-state index in [0.717, 1.165) is 18.4 Å². The molecule has 0 aliphatic carbocycles. The van der Waals surface area contributed by atoms with E-state index >= 15 is 0 Å². The van der Waals surface area contributed by atoms with Gasteiger partial charge in [-0.3, -0.25) is 14.4 Å². The van der Waals surface area contributed by atoms with Gasteiger partial charge in [0.25, 0.3) is 5.91 Å². The largest absolute Gasteiger partial charge is 0.457 e. The molecular weight excluding hydrogens is 554 g/mol. The number of para-hydroxylation sites is 1. The van der Waals surface area contributed by atoms with Crippen LogP contribution in [-0.4, -0.2) is 48.1 Å². The monoisotopic (exact) mass is 599 g/mol. The Bertz CT molecular complexity index is 1400. The van der Waals surface area contributed by atoms with Gasteiger partial charge >= 0.3 is 0 Å². The summed E-state index contributed by atoms with van der Waals surface area (Å²) in [4.78, 5) is 40.9. The van der Waals surface area contributed by atoms with Gasteiger partial charge in [-0.05, 0) is 60.9 Å². The van der Waals surface area contributed by atoms with Gasteiger partial charge in [-0.25, -0.2) is 0 Å². The Morgan fingerprint density at radius 1 is 0.977 bits per heavy atom. The quantitative estimate of drug-likeness (QED) is 0.227. The molecule has 234 valence electrons. The predicted octanol–water partition coefficient (Wildman–Crippen LogP) is 5.89. The van der Waals surface area contributed by atoms with Gasteiger partial charge in [0.2, 0.25) is 11.8 Å². The average molecular weight is 600 g/mol. The van der Waals surface area contributed by atoms with E-state index in [1.54, 1.807) is 30.0 Å². The zero-order valence-electron chi connectivity index (χ0n) is 26.2. The average Bonchev–Trinajstić information content (AvgIpc) is 3.42.